The summed E-state index contributed by atoms with van der Waals surface area (Å²) in [5.41, 5.74) is 1.82. The number of thiophene rings is 1. The maximum Gasteiger partial charge on any atom is 0.264 e. The van der Waals surface area contributed by atoms with Crippen molar-refractivity contribution in [3.8, 4) is 0 Å². The van der Waals surface area contributed by atoms with Gasteiger partial charge in [0.1, 0.15) is 5.82 Å². The lowest BCUT2D eigenvalue weighted by atomic mass is 10.3. The summed E-state index contributed by atoms with van der Waals surface area (Å²) in [7, 11) is 1.80. The smallest absolute Gasteiger partial charge is 0.264 e. The van der Waals surface area contributed by atoms with E-state index in [0.29, 0.717) is 11.6 Å². The second kappa shape index (κ2) is 6.72. The number of carbonyl (C=O) groups is 1. The molecule has 0 spiro atoms. The number of hydrogen-bond acceptors (Lipinski definition) is 3. The molecule has 0 fully saturated rings. The minimum atomic E-state index is 0.0150. The summed E-state index contributed by atoms with van der Waals surface area (Å²) >= 11 is 7.80. The van der Waals surface area contributed by atoms with Gasteiger partial charge in [0.15, 0.2) is 0 Å². The minimum Gasteiger partial charge on any atom is -0.334 e. The maximum atomic E-state index is 12.4. The number of fused-ring (bicyclic) bond motifs is 1. The summed E-state index contributed by atoms with van der Waals surface area (Å²) in [5.74, 6) is 0.878. The molecular weight excluding hydrogens is 330 g/mol. The summed E-state index contributed by atoms with van der Waals surface area (Å²) in [6.07, 6.45) is 0.978. The van der Waals surface area contributed by atoms with Crippen LogP contribution in [0.2, 0.25) is 5.02 Å². The van der Waals surface area contributed by atoms with Gasteiger partial charge in [-0.05, 0) is 30.0 Å². The summed E-state index contributed by atoms with van der Waals surface area (Å²) in [5, 5.41) is 2.61. The molecule has 0 aliphatic heterocycles. The molecule has 120 valence electrons. The van der Waals surface area contributed by atoms with E-state index < -0.39 is 0 Å². The van der Waals surface area contributed by atoms with Crippen molar-refractivity contribution >= 4 is 39.9 Å². The fourth-order valence-electron chi connectivity index (χ4n) is 2.65. The Kier molecular flexibility index (Phi) is 4.68. The van der Waals surface area contributed by atoms with E-state index in [1.165, 1.54) is 11.3 Å². The second-order valence-corrected chi connectivity index (χ2v) is 6.78. The van der Waals surface area contributed by atoms with Crippen molar-refractivity contribution in [2.45, 2.75) is 26.4 Å². The largest absolute Gasteiger partial charge is 0.334 e. The molecule has 0 bridgehead atoms. The number of para-hydroxylation sites is 1. The van der Waals surface area contributed by atoms with Crippen molar-refractivity contribution in [3.63, 3.8) is 0 Å². The molecule has 0 N–H and O–H groups in total. The quantitative estimate of drug-likeness (QED) is 0.684. The molecule has 6 heteroatoms. The molecule has 2 heterocycles. The van der Waals surface area contributed by atoms with Crippen LogP contribution in [0.15, 0.2) is 35.7 Å². The summed E-state index contributed by atoms with van der Waals surface area (Å²) in [4.78, 5) is 19.6. The van der Waals surface area contributed by atoms with Crippen LogP contribution in [0, 0.1) is 0 Å². The Labute approximate surface area is 144 Å². The predicted octanol–water partition coefficient (Wildman–Crippen LogP) is 4.43. The molecule has 0 aliphatic rings. The molecule has 0 radical (unpaired) electrons. The molecule has 23 heavy (non-hydrogen) atoms. The SMILES string of the molecule is CCCn1c(CN(C)C(=O)c2cccs2)nc2cccc(Cl)c21. The summed E-state index contributed by atoms with van der Waals surface area (Å²) in [6, 6.07) is 9.46. The molecule has 4 nitrogen and oxygen atoms in total. The third-order valence-corrected chi connectivity index (χ3v) is 4.86. The van der Waals surface area contributed by atoms with E-state index in [-0.39, 0.29) is 5.91 Å². The Bertz CT molecular complexity index is 826. The van der Waals surface area contributed by atoms with Gasteiger partial charge in [-0.2, -0.15) is 0 Å². The third-order valence-electron chi connectivity index (χ3n) is 3.70. The summed E-state index contributed by atoms with van der Waals surface area (Å²) in [6.45, 7) is 3.41. The number of amides is 1. The van der Waals surface area contributed by atoms with Crippen LogP contribution in [-0.4, -0.2) is 27.4 Å². The van der Waals surface area contributed by atoms with Crippen LogP contribution < -0.4 is 0 Å². The second-order valence-electron chi connectivity index (χ2n) is 5.43. The number of benzene rings is 1. The van der Waals surface area contributed by atoms with Crippen LogP contribution >= 0.6 is 22.9 Å². The molecule has 3 rings (SSSR count). The highest BCUT2D eigenvalue weighted by atomic mass is 35.5. The van der Waals surface area contributed by atoms with E-state index in [1.807, 2.05) is 35.7 Å². The van der Waals surface area contributed by atoms with Crippen LogP contribution in [0.3, 0.4) is 0 Å². The Balaban J connectivity index is 1.94. The first-order valence-corrected chi connectivity index (χ1v) is 8.80. The molecule has 1 aromatic carbocycles. The van der Waals surface area contributed by atoms with Gasteiger partial charge < -0.3 is 9.47 Å². The molecule has 2 aromatic heterocycles. The average Bonchev–Trinajstić information content (AvgIpc) is 3.16. The van der Waals surface area contributed by atoms with Crippen molar-refractivity contribution in [2.24, 2.45) is 0 Å². The topological polar surface area (TPSA) is 38.1 Å². The van der Waals surface area contributed by atoms with E-state index in [4.69, 9.17) is 11.6 Å². The number of aryl methyl sites for hydroxylation is 1. The van der Waals surface area contributed by atoms with Gasteiger partial charge in [0.25, 0.3) is 5.91 Å². The highest BCUT2D eigenvalue weighted by Crippen LogP contribution is 2.25. The lowest BCUT2D eigenvalue weighted by Crippen LogP contribution is -2.27. The Morgan fingerprint density at radius 3 is 2.87 bits per heavy atom. The van der Waals surface area contributed by atoms with E-state index in [0.717, 1.165) is 34.7 Å². The number of carbonyl (C=O) groups excluding carboxylic acids is 1. The van der Waals surface area contributed by atoms with E-state index in [9.17, 15) is 4.79 Å². The van der Waals surface area contributed by atoms with E-state index in [2.05, 4.69) is 16.5 Å². The van der Waals surface area contributed by atoms with Crippen LogP contribution in [0.4, 0.5) is 0 Å². The first kappa shape index (κ1) is 16.0. The Hall–Kier alpha value is -1.85. The monoisotopic (exact) mass is 347 g/mol. The van der Waals surface area contributed by atoms with Crippen molar-refractivity contribution in [3.05, 3.63) is 51.4 Å². The van der Waals surface area contributed by atoms with Crippen LogP contribution in [0.25, 0.3) is 11.0 Å². The molecule has 0 saturated heterocycles. The number of nitrogens with zero attached hydrogens (tertiary/aromatic N) is 3. The van der Waals surface area contributed by atoms with Gasteiger partial charge in [-0.3, -0.25) is 4.79 Å². The highest BCUT2D eigenvalue weighted by Gasteiger charge is 2.18. The third kappa shape index (κ3) is 3.12. The van der Waals surface area contributed by atoms with Crippen molar-refractivity contribution in [1.82, 2.24) is 14.5 Å². The predicted molar refractivity (Wildman–Crippen MR) is 95.2 cm³/mol. The summed E-state index contributed by atoms with van der Waals surface area (Å²) < 4.78 is 2.12. The van der Waals surface area contributed by atoms with Gasteiger partial charge in [0.05, 0.1) is 27.5 Å². The Morgan fingerprint density at radius 1 is 1.35 bits per heavy atom. The van der Waals surface area contributed by atoms with Gasteiger partial charge in [-0.1, -0.05) is 30.7 Å². The molecule has 1 amide bonds. The fraction of sp³-hybridized carbons (Fsp3) is 0.294. The lowest BCUT2D eigenvalue weighted by molar-refractivity contribution is 0.0785. The molecule has 0 atom stereocenters. The maximum absolute atomic E-state index is 12.4. The van der Waals surface area contributed by atoms with Gasteiger partial charge in [0, 0.05) is 13.6 Å². The van der Waals surface area contributed by atoms with Crippen LogP contribution in [-0.2, 0) is 13.1 Å². The van der Waals surface area contributed by atoms with E-state index >= 15 is 0 Å². The standard InChI is InChI=1S/C17H18ClN3OS/c1-3-9-21-15(19-13-7-4-6-12(18)16(13)21)11-20(2)17(22)14-8-5-10-23-14/h4-8,10H,3,9,11H2,1-2H3. The molecule has 0 aliphatic carbocycles. The van der Waals surface area contributed by atoms with E-state index in [1.54, 1.807) is 11.9 Å². The lowest BCUT2D eigenvalue weighted by Gasteiger charge is -2.17. The normalized spacial score (nSPS) is 11.1. The van der Waals surface area contributed by atoms with Gasteiger partial charge in [-0.25, -0.2) is 4.98 Å². The van der Waals surface area contributed by atoms with Crippen LogP contribution in [0.1, 0.15) is 28.8 Å². The first-order chi connectivity index (χ1) is 11.1. The van der Waals surface area contributed by atoms with Gasteiger partial charge in [-0.15, -0.1) is 11.3 Å². The zero-order valence-electron chi connectivity index (χ0n) is 13.1. The average molecular weight is 348 g/mol. The molecule has 3 aromatic rings. The van der Waals surface area contributed by atoms with Crippen molar-refractivity contribution in [2.75, 3.05) is 7.05 Å². The number of imidazole rings is 1. The fourth-order valence-corrected chi connectivity index (χ4v) is 3.64. The zero-order valence-corrected chi connectivity index (χ0v) is 14.7. The Morgan fingerprint density at radius 2 is 2.17 bits per heavy atom. The minimum absolute atomic E-state index is 0.0150. The van der Waals surface area contributed by atoms with Crippen molar-refractivity contribution in [1.29, 1.82) is 0 Å². The molecular formula is C17H18ClN3OS. The van der Waals surface area contributed by atoms with Crippen LogP contribution in [0.5, 0.6) is 0 Å². The number of aromatic nitrogens is 2. The first-order valence-electron chi connectivity index (χ1n) is 7.54. The highest BCUT2D eigenvalue weighted by molar-refractivity contribution is 7.12. The molecule has 0 saturated carbocycles. The number of halogens is 1. The van der Waals surface area contributed by atoms with Gasteiger partial charge in [0.2, 0.25) is 0 Å². The molecule has 0 unspecified atom stereocenters. The zero-order chi connectivity index (χ0) is 16.4. The number of hydrogen-bond donors (Lipinski definition) is 0. The number of rotatable bonds is 5. The van der Waals surface area contributed by atoms with Crippen molar-refractivity contribution < 1.29 is 4.79 Å². The van der Waals surface area contributed by atoms with Gasteiger partial charge >= 0.3 is 0 Å².